The first-order valence-electron chi connectivity index (χ1n) is 9.00. The van der Waals surface area contributed by atoms with Crippen LogP contribution in [0.25, 0.3) is 5.65 Å². The average Bonchev–Trinajstić information content (AvgIpc) is 3.01. The fourth-order valence-corrected chi connectivity index (χ4v) is 3.06. The highest BCUT2D eigenvalue weighted by Crippen LogP contribution is 2.19. The molecule has 4 heteroatoms. The summed E-state index contributed by atoms with van der Waals surface area (Å²) < 4.78 is 1.89. The van der Waals surface area contributed by atoms with Gasteiger partial charge >= 0.3 is 0 Å². The fraction of sp³-hybridized carbons (Fsp3) is 0.333. The number of carbonyl (C=O) groups is 1. The second-order valence-corrected chi connectivity index (χ2v) is 6.40. The SMILES string of the molecule is CCCCc1ccc(NC(=O)c2c(CC)nc3c(C)cccn23)cc1. The predicted octanol–water partition coefficient (Wildman–Crippen LogP) is 4.80. The molecule has 0 fully saturated rings. The molecule has 0 unspecified atom stereocenters. The number of aryl methyl sites for hydroxylation is 3. The Morgan fingerprint density at radius 1 is 1.16 bits per heavy atom. The first-order chi connectivity index (χ1) is 12.1. The van der Waals surface area contributed by atoms with Crippen LogP contribution >= 0.6 is 0 Å². The van der Waals surface area contributed by atoms with Gasteiger partial charge in [0.2, 0.25) is 0 Å². The van der Waals surface area contributed by atoms with Crippen LogP contribution in [0.3, 0.4) is 0 Å². The van der Waals surface area contributed by atoms with Crippen LogP contribution in [0.5, 0.6) is 0 Å². The van der Waals surface area contributed by atoms with Crippen molar-refractivity contribution in [1.82, 2.24) is 9.38 Å². The van der Waals surface area contributed by atoms with E-state index in [4.69, 9.17) is 0 Å². The molecule has 4 nitrogen and oxygen atoms in total. The number of imidazole rings is 1. The highest BCUT2D eigenvalue weighted by atomic mass is 16.2. The monoisotopic (exact) mass is 335 g/mol. The molecule has 0 aliphatic rings. The molecule has 0 saturated carbocycles. The zero-order valence-corrected chi connectivity index (χ0v) is 15.2. The number of rotatable bonds is 6. The Morgan fingerprint density at radius 3 is 2.60 bits per heavy atom. The van der Waals surface area contributed by atoms with Gasteiger partial charge in [0.05, 0.1) is 5.69 Å². The van der Waals surface area contributed by atoms with Crippen LogP contribution < -0.4 is 5.32 Å². The lowest BCUT2D eigenvalue weighted by Gasteiger charge is -2.08. The van der Waals surface area contributed by atoms with E-state index in [1.807, 2.05) is 48.7 Å². The Kier molecular flexibility index (Phi) is 5.17. The van der Waals surface area contributed by atoms with Crippen molar-refractivity contribution in [2.24, 2.45) is 0 Å². The summed E-state index contributed by atoms with van der Waals surface area (Å²) in [6, 6.07) is 12.1. The molecule has 3 rings (SSSR count). The normalized spacial score (nSPS) is 11.0. The highest BCUT2D eigenvalue weighted by Gasteiger charge is 2.19. The van der Waals surface area contributed by atoms with Crippen LogP contribution in [-0.2, 0) is 12.8 Å². The lowest BCUT2D eigenvalue weighted by molar-refractivity contribution is 0.102. The number of nitrogens with zero attached hydrogens (tertiary/aromatic N) is 2. The number of pyridine rings is 1. The minimum atomic E-state index is -0.115. The predicted molar refractivity (Wildman–Crippen MR) is 102 cm³/mol. The van der Waals surface area contributed by atoms with Crippen LogP contribution in [0, 0.1) is 6.92 Å². The molecule has 1 aromatic carbocycles. The smallest absolute Gasteiger partial charge is 0.274 e. The van der Waals surface area contributed by atoms with E-state index >= 15 is 0 Å². The lowest BCUT2D eigenvalue weighted by Crippen LogP contribution is -2.16. The van der Waals surface area contributed by atoms with Crippen LogP contribution in [0.1, 0.15) is 54.0 Å². The number of aromatic nitrogens is 2. The summed E-state index contributed by atoms with van der Waals surface area (Å²) in [6.45, 7) is 6.23. The number of amides is 1. The van der Waals surface area contributed by atoms with Gasteiger partial charge in [-0.3, -0.25) is 9.20 Å². The summed E-state index contributed by atoms with van der Waals surface area (Å²) in [5.41, 5.74) is 5.48. The number of carbonyl (C=O) groups excluding carboxylic acids is 1. The molecule has 25 heavy (non-hydrogen) atoms. The van der Waals surface area contributed by atoms with Crippen LogP contribution in [0.15, 0.2) is 42.6 Å². The molecule has 2 aromatic heterocycles. The lowest BCUT2D eigenvalue weighted by atomic mass is 10.1. The van der Waals surface area contributed by atoms with Crippen LogP contribution in [0.2, 0.25) is 0 Å². The molecule has 130 valence electrons. The molecule has 3 aromatic rings. The van der Waals surface area contributed by atoms with Crippen molar-refractivity contribution in [3.05, 3.63) is 65.1 Å². The molecule has 1 amide bonds. The molecular weight excluding hydrogens is 310 g/mol. The maximum Gasteiger partial charge on any atom is 0.274 e. The van der Waals surface area contributed by atoms with E-state index in [0.29, 0.717) is 5.69 Å². The zero-order valence-electron chi connectivity index (χ0n) is 15.2. The second-order valence-electron chi connectivity index (χ2n) is 6.40. The summed E-state index contributed by atoms with van der Waals surface area (Å²) in [6.07, 6.45) is 6.08. The number of nitrogens with one attached hydrogen (secondary N) is 1. The van der Waals surface area contributed by atoms with Crippen molar-refractivity contribution >= 4 is 17.2 Å². The Bertz CT molecular complexity index is 878. The van der Waals surface area contributed by atoms with Gasteiger partial charge in [-0.2, -0.15) is 0 Å². The maximum absolute atomic E-state index is 12.9. The van der Waals surface area contributed by atoms with Gasteiger partial charge in [0.25, 0.3) is 5.91 Å². The molecule has 0 spiro atoms. The third kappa shape index (κ3) is 3.58. The summed E-state index contributed by atoms with van der Waals surface area (Å²) in [4.78, 5) is 17.5. The molecule has 0 aliphatic heterocycles. The Hall–Kier alpha value is -2.62. The molecule has 0 saturated heterocycles. The molecule has 0 atom stereocenters. The highest BCUT2D eigenvalue weighted by molar-refractivity contribution is 6.04. The van der Waals surface area contributed by atoms with E-state index in [1.54, 1.807) is 0 Å². The first kappa shape index (κ1) is 17.2. The average molecular weight is 335 g/mol. The molecular formula is C21H25N3O. The van der Waals surface area contributed by atoms with Crippen molar-refractivity contribution in [2.75, 3.05) is 5.32 Å². The molecule has 0 radical (unpaired) electrons. The third-order valence-electron chi connectivity index (χ3n) is 4.50. The maximum atomic E-state index is 12.9. The van der Waals surface area contributed by atoms with Gasteiger partial charge in [0.1, 0.15) is 11.3 Å². The molecule has 2 heterocycles. The summed E-state index contributed by atoms with van der Waals surface area (Å²) >= 11 is 0. The van der Waals surface area contributed by atoms with E-state index in [-0.39, 0.29) is 5.91 Å². The van der Waals surface area contributed by atoms with E-state index in [9.17, 15) is 4.79 Å². The minimum Gasteiger partial charge on any atom is -0.321 e. The number of anilines is 1. The summed E-state index contributed by atoms with van der Waals surface area (Å²) in [5.74, 6) is -0.115. The van der Waals surface area contributed by atoms with Crippen molar-refractivity contribution in [3.8, 4) is 0 Å². The van der Waals surface area contributed by atoms with Gasteiger partial charge in [-0.15, -0.1) is 0 Å². The second kappa shape index (κ2) is 7.51. The number of hydrogen-bond acceptors (Lipinski definition) is 2. The van der Waals surface area contributed by atoms with Gasteiger partial charge in [0.15, 0.2) is 0 Å². The number of hydrogen-bond donors (Lipinski definition) is 1. The van der Waals surface area contributed by atoms with E-state index in [0.717, 1.165) is 35.4 Å². The largest absolute Gasteiger partial charge is 0.321 e. The van der Waals surface area contributed by atoms with E-state index in [1.165, 1.54) is 18.4 Å². The standard InChI is InChI=1S/C21H25N3O/c1-4-6-9-16-10-12-17(13-11-16)22-21(25)19-18(5-2)23-20-15(3)8-7-14-24(19)20/h7-8,10-14H,4-6,9H2,1-3H3,(H,22,25). The van der Waals surface area contributed by atoms with Crippen LogP contribution in [0.4, 0.5) is 5.69 Å². The molecule has 1 N–H and O–H groups in total. The Labute approximate surface area is 148 Å². The van der Waals surface area contributed by atoms with Crippen molar-refractivity contribution in [1.29, 1.82) is 0 Å². The molecule has 0 aliphatic carbocycles. The minimum absolute atomic E-state index is 0.115. The summed E-state index contributed by atoms with van der Waals surface area (Å²) in [5, 5.41) is 3.01. The topological polar surface area (TPSA) is 46.4 Å². The third-order valence-corrected chi connectivity index (χ3v) is 4.50. The van der Waals surface area contributed by atoms with Gasteiger partial charge in [-0.1, -0.05) is 38.5 Å². The van der Waals surface area contributed by atoms with Crippen molar-refractivity contribution < 1.29 is 4.79 Å². The zero-order chi connectivity index (χ0) is 17.8. The van der Waals surface area contributed by atoms with Crippen molar-refractivity contribution in [3.63, 3.8) is 0 Å². The van der Waals surface area contributed by atoms with Gasteiger partial charge in [0, 0.05) is 11.9 Å². The molecule has 0 bridgehead atoms. The number of benzene rings is 1. The number of unbranched alkanes of at least 4 members (excludes halogenated alkanes) is 1. The van der Waals surface area contributed by atoms with Gasteiger partial charge in [-0.25, -0.2) is 4.98 Å². The van der Waals surface area contributed by atoms with Gasteiger partial charge in [-0.05, 0) is 55.5 Å². The Morgan fingerprint density at radius 2 is 1.92 bits per heavy atom. The summed E-state index contributed by atoms with van der Waals surface area (Å²) in [7, 11) is 0. The van der Waals surface area contributed by atoms with Crippen LogP contribution in [-0.4, -0.2) is 15.3 Å². The Balaban J connectivity index is 1.86. The quantitative estimate of drug-likeness (QED) is 0.703. The van der Waals surface area contributed by atoms with E-state index in [2.05, 4.69) is 29.4 Å². The van der Waals surface area contributed by atoms with Gasteiger partial charge < -0.3 is 5.32 Å². The number of fused-ring (bicyclic) bond motifs is 1. The van der Waals surface area contributed by atoms with E-state index < -0.39 is 0 Å². The van der Waals surface area contributed by atoms with Crippen molar-refractivity contribution in [2.45, 2.75) is 46.5 Å². The fourth-order valence-electron chi connectivity index (χ4n) is 3.06. The first-order valence-corrected chi connectivity index (χ1v) is 9.00.